The summed E-state index contributed by atoms with van der Waals surface area (Å²) >= 11 is 6.08. The molecule has 1 aliphatic rings. The lowest BCUT2D eigenvalue weighted by molar-refractivity contribution is -0.116. The zero-order valence-electron chi connectivity index (χ0n) is 17.6. The van der Waals surface area contributed by atoms with E-state index in [2.05, 4.69) is 10.6 Å². The Kier molecular flexibility index (Phi) is 8.55. The molecular weight excluding hydrogens is 418 g/mol. The third kappa shape index (κ3) is 7.45. The van der Waals surface area contributed by atoms with Crippen molar-refractivity contribution in [3.05, 3.63) is 59.1 Å². The smallest absolute Gasteiger partial charge is 0.317 e. The summed E-state index contributed by atoms with van der Waals surface area (Å²) < 4.78 is 11.4. The molecule has 0 radical (unpaired) electrons. The maximum Gasteiger partial charge on any atom is 0.317 e. The number of carbonyl (C=O) groups is 2. The Morgan fingerprint density at radius 1 is 1.23 bits per heavy atom. The highest BCUT2D eigenvalue weighted by Gasteiger charge is 2.17. The number of nitrogens with zero attached hydrogens (tertiary/aromatic N) is 1. The number of hydrogen-bond donors (Lipinski definition) is 2. The standard InChI is InChI=1S/C23H28ClN3O4/c1-27(15-17-6-3-2-4-7-17)23(29)25-12-11-22(28)26-20-14-18(24)9-10-21(20)31-16-19-8-5-13-30-19/h2-4,6-7,9-10,14,19H,5,8,11-13,15-16H2,1H3,(H,25,29)(H,26,28). The van der Waals surface area contributed by atoms with E-state index in [1.54, 1.807) is 30.1 Å². The Bertz CT molecular complexity index is 872. The summed E-state index contributed by atoms with van der Waals surface area (Å²) in [4.78, 5) is 26.2. The molecule has 3 rings (SSSR count). The van der Waals surface area contributed by atoms with E-state index in [-0.39, 0.29) is 31.0 Å². The minimum atomic E-state index is -0.241. The Balaban J connectivity index is 1.44. The van der Waals surface area contributed by atoms with Crippen LogP contribution in [0.25, 0.3) is 0 Å². The quantitative estimate of drug-likeness (QED) is 0.609. The van der Waals surface area contributed by atoms with Gasteiger partial charge in [0.05, 0.1) is 11.8 Å². The molecule has 2 aromatic carbocycles. The number of carbonyl (C=O) groups excluding carboxylic acids is 2. The number of urea groups is 1. The Labute approximate surface area is 187 Å². The molecule has 1 heterocycles. The van der Waals surface area contributed by atoms with Gasteiger partial charge in [0.25, 0.3) is 0 Å². The van der Waals surface area contributed by atoms with Crippen molar-refractivity contribution >= 4 is 29.2 Å². The molecule has 7 nitrogen and oxygen atoms in total. The molecule has 1 atom stereocenters. The molecule has 1 fully saturated rings. The average molecular weight is 446 g/mol. The van der Waals surface area contributed by atoms with Crippen LogP contribution in [0.3, 0.4) is 0 Å². The second-order valence-corrected chi connectivity index (χ2v) is 7.89. The molecule has 1 unspecified atom stereocenters. The van der Waals surface area contributed by atoms with Crippen molar-refractivity contribution < 1.29 is 19.1 Å². The molecule has 166 valence electrons. The Morgan fingerprint density at radius 2 is 2.03 bits per heavy atom. The first-order chi connectivity index (χ1) is 15.0. The van der Waals surface area contributed by atoms with Gasteiger partial charge in [-0.25, -0.2) is 4.79 Å². The van der Waals surface area contributed by atoms with Gasteiger partial charge < -0.3 is 25.0 Å². The van der Waals surface area contributed by atoms with E-state index in [9.17, 15) is 9.59 Å². The van der Waals surface area contributed by atoms with E-state index in [1.807, 2.05) is 30.3 Å². The van der Waals surface area contributed by atoms with E-state index >= 15 is 0 Å². The van der Waals surface area contributed by atoms with Gasteiger partial charge in [-0.3, -0.25) is 4.79 Å². The molecule has 0 aromatic heterocycles. The highest BCUT2D eigenvalue weighted by Crippen LogP contribution is 2.29. The fourth-order valence-electron chi connectivity index (χ4n) is 3.24. The van der Waals surface area contributed by atoms with Crippen LogP contribution >= 0.6 is 11.6 Å². The van der Waals surface area contributed by atoms with Crippen molar-refractivity contribution in [3.8, 4) is 5.75 Å². The summed E-state index contributed by atoms with van der Waals surface area (Å²) in [5.74, 6) is 0.301. The molecule has 0 bridgehead atoms. The summed E-state index contributed by atoms with van der Waals surface area (Å²) in [6.45, 7) is 1.89. The van der Waals surface area contributed by atoms with E-state index < -0.39 is 0 Å². The number of amides is 3. The molecule has 1 saturated heterocycles. The van der Waals surface area contributed by atoms with Gasteiger partial charge in [-0.1, -0.05) is 41.9 Å². The minimum absolute atomic E-state index is 0.0716. The maximum atomic E-state index is 12.4. The third-order valence-electron chi connectivity index (χ3n) is 4.90. The van der Waals surface area contributed by atoms with Crippen LogP contribution in [0.1, 0.15) is 24.8 Å². The van der Waals surface area contributed by atoms with E-state index in [0.717, 1.165) is 25.0 Å². The predicted octanol–water partition coefficient (Wildman–Crippen LogP) is 4.07. The number of halogens is 1. The molecule has 3 amide bonds. The fourth-order valence-corrected chi connectivity index (χ4v) is 3.42. The van der Waals surface area contributed by atoms with E-state index in [0.29, 0.717) is 29.6 Å². The fraction of sp³-hybridized carbons (Fsp3) is 0.391. The summed E-state index contributed by atoms with van der Waals surface area (Å²) in [6.07, 6.45) is 2.20. The van der Waals surface area contributed by atoms with Crippen molar-refractivity contribution in [1.82, 2.24) is 10.2 Å². The first kappa shape index (κ1) is 22.9. The van der Waals surface area contributed by atoms with Crippen molar-refractivity contribution in [3.63, 3.8) is 0 Å². The summed E-state index contributed by atoms with van der Waals surface area (Å²) in [7, 11) is 1.71. The van der Waals surface area contributed by atoms with Gasteiger partial charge in [0, 0.05) is 38.2 Å². The van der Waals surface area contributed by atoms with Gasteiger partial charge in [0.15, 0.2) is 0 Å². The van der Waals surface area contributed by atoms with Crippen LogP contribution in [-0.4, -0.2) is 49.7 Å². The number of anilines is 1. The molecular formula is C23H28ClN3O4. The van der Waals surface area contributed by atoms with Crippen LogP contribution < -0.4 is 15.4 Å². The monoisotopic (exact) mass is 445 g/mol. The topological polar surface area (TPSA) is 79.9 Å². The zero-order chi connectivity index (χ0) is 22.1. The van der Waals surface area contributed by atoms with Gasteiger partial charge in [0.2, 0.25) is 5.91 Å². The molecule has 0 saturated carbocycles. The molecule has 2 N–H and O–H groups in total. The normalized spacial score (nSPS) is 15.4. The number of benzene rings is 2. The molecule has 0 spiro atoms. The highest BCUT2D eigenvalue weighted by molar-refractivity contribution is 6.31. The lowest BCUT2D eigenvalue weighted by Crippen LogP contribution is -2.38. The maximum absolute atomic E-state index is 12.4. The lowest BCUT2D eigenvalue weighted by Gasteiger charge is -2.18. The first-order valence-electron chi connectivity index (χ1n) is 10.4. The van der Waals surface area contributed by atoms with E-state index in [4.69, 9.17) is 21.1 Å². The number of rotatable bonds is 9. The molecule has 8 heteroatoms. The summed E-state index contributed by atoms with van der Waals surface area (Å²) in [5, 5.41) is 6.07. The van der Waals surface area contributed by atoms with Gasteiger partial charge in [-0.2, -0.15) is 0 Å². The van der Waals surface area contributed by atoms with Gasteiger partial charge in [-0.15, -0.1) is 0 Å². The lowest BCUT2D eigenvalue weighted by atomic mass is 10.2. The molecule has 31 heavy (non-hydrogen) atoms. The average Bonchev–Trinajstić information content (AvgIpc) is 3.27. The first-order valence-corrected chi connectivity index (χ1v) is 10.8. The SMILES string of the molecule is CN(Cc1ccccc1)C(=O)NCCC(=O)Nc1cc(Cl)ccc1OCC1CCCO1. The predicted molar refractivity (Wildman–Crippen MR) is 120 cm³/mol. The van der Waals surface area contributed by atoms with Crippen molar-refractivity contribution in [2.45, 2.75) is 31.9 Å². The summed E-state index contributed by atoms with van der Waals surface area (Å²) in [6, 6.07) is 14.6. The molecule has 0 aliphatic carbocycles. The van der Waals surface area contributed by atoms with Crippen LogP contribution in [0.2, 0.25) is 5.02 Å². The second kappa shape index (κ2) is 11.6. The number of ether oxygens (including phenoxy) is 2. The van der Waals surface area contributed by atoms with Crippen molar-refractivity contribution in [2.75, 3.05) is 32.1 Å². The van der Waals surface area contributed by atoms with Crippen LogP contribution in [-0.2, 0) is 16.1 Å². The van der Waals surface area contributed by atoms with Crippen LogP contribution in [0.4, 0.5) is 10.5 Å². The summed E-state index contributed by atoms with van der Waals surface area (Å²) in [5.41, 5.74) is 1.54. The number of hydrogen-bond acceptors (Lipinski definition) is 4. The van der Waals surface area contributed by atoms with Crippen molar-refractivity contribution in [1.29, 1.82) is 0 Å². The van der Waals surface area contributed by atoms with E-state index in [1.165, 1.54) is 0 Å². The zero-order valence-corrected chi connectivity index (χ0v) is 18.4. The Morgan fingerprint density at radius 3 is 2.77 bits per heavy atom. The van der Waals surface area contributed by atoms with Crippen LogP contribution in [0.15, 0.2) is 48.5 Å². The van der Waals surface area contributed by atoms with Gasteiger partial charge in [0.1, 0.15) is 12.4 Å². The largest absolute Gasteiger partial charge is 0.489 e. The Hall–Kier alpha value is -2.77. The number of nitrogens with one attached hydrogen (secondary N) is 2. The highest BCUT2D eigenvalue weighted by atomic mass is 35.5. The molecule has 2 aromatic rings. The second-order valence-electron chi connectivity index (χ2n) is 7.46. The minimum Gasteiger partial charge on any atom is -0.489 e. The van der Waals surface area contributed by atoms with Gasteiger partial charge >= 0.3 is 6.03 Å². The molecule has 1 aliphatic heterocycles. The van der Waals surface area contributed by atoms with Crippen LogP contribution in [0, 0.1) is 0 Å². The van der Waals surface area contributed by atoms with Crippen molar-refractivity contribution in [2.24, 2.45) is 0 Å². The van der Waals surface area contributed by atoms with Crippen LogP contribution in [0.5, 0.6) is 5.75 Å². The third-order valence-corrected chi connectivity index (χ3v) is 5.14. The van der Waals surface area contributed by atoms with Gasteiger partial charge in [-0.05, 0) is 36.6 Å².